The Morgan fingerprint density at radius 1 is 0.439 bits per heavy atom. The molecule has 0 aromatic carbocycles. The standard InChI is InChI=1S/C13H22O5.2C13H22O3.2C2H8N2O2.2O.2Zr/c1-4-7-16-13(17-8-5-2)11(6-3)10-18-12(15)9-14;2*1-5-9-15-13(16-10-6-2)12(7-3)11-14-8-4;2*3-2(4)1-6-5;;;;/h4-5,11-13H,1-2,6-10H2,3H3;2*5-6,8,12-13H,1-2,4,7,9-11H2,3H3;2*2,5H,1,3-4H2;;;;/q-2;;;;;;;2*+2/p-2. The van der Waals surface area contributed by atoms with Crippen molar-refractivity contribution in [2.45, 2.75) is 77.5 Å². The largest absolute Gasteiger partial charge is 0.501 e. The Morgan fingerprint density at radius 3 is 1.05 bits per heavy atom. The van der Waals surface area contributed by atoms with E-state index in [1.807, 2.05) is 6.92 Å². The first-order chi connectivity index (χ1) is 31.8. The van der Waals surface area contributed by atoms with Crippen molar-refractivity contribution in [3.8, 4) is 0 Å². The number of nitrogens with two attached hydrogens (primary N) is 4. The van der Waals surface area contributed by atoms with Crippen molar-refractivity contribution >= 4 is 0 Å². The quantitative estimate of drug-likeness (QED) is 0.0207. The van der Waals surface area contributed by atoms with Gasteiger partial charge in [-0.3, -0.25) is 0 Å². The molecular formula is C43H80N4O17Zr2. The van der Waals surface area contributed by atoms with Crippen molar-refractivity contribution < 1.29 is 115 Å². The Balaban J connectivity index is -0.00000103. The zero-order chi connectivity index (χ0) is 50.2. The van der Waals surface area contributed by atoms with Crippen LogP contribution in [0.2, 0.25) is 0 Å². The summed E-state index contributed by atoms with van der Waals surface area (Å²) < 4.78 is 93.2. The van der Waals surface area contributed by atoms with Gasteiger partial charge in [-0.1, -0.05) is 51.3 Å². The summed E-state index contributed by atoms with van der Waals surface area (Å²) in [5, 5.41) is 0. The van der Waals surface area contributed by atoms with Gasteiger partial charge >= 0.3 is 218 Å². The van der Waals surface area contributed by atoms with Crippen molar-refractivity contribution in [2.75, 3.05) is 79.3 Å². The molecule has 23 heteroatoms. The zero-order valence-electron chi connectivity index (χ0n) is 39.3. The molecule has 21 nitrogen and oxygen atoms in total. The molecule has 8 N–H and O–H groups in total. The van der Waals surface area contributed by atoms with E-state index in [1.54, 1.807) is 36.5 Å². The van der Waals surface area contributed by atoms with Gasteiger partial charge in [-0.25, -0.2) is 0 Å². The van der Waals surface area contributed by atoms with Gasteiger partial charge in [0.05, 0.1) is 52.2 Å². The molecule has 4 unspecified atom stereocenters. The van der Waals surface area contributed by atoms with Gasteiger partial charge < -0.3 is 28.4 Å². The molecule has 0 aliphatic heterocycles. The van der Waals surface area contributed by atoms with Crippen LogP contribution in [0.3, 0.4) is 0 Å². The molecule has 0 aromatic heterocycles. The van der Waals surface area contributed by atoms with Crippen LogP contribution in [0, 0.1) is 17.8 Å². The summed E-state index contributed by atoms with van der Waals surface area (Å²) in [5.74, 6) is 0.101. The molecule has 66 heavy (non-hydrogen) atoms. The van der Waals surface area contributed by atoms with Gasteiger partial charge in [-0.15, -0.1) is 26.3 Å². The third-order valence-corrected chi connectivity index (χ3v) is 11.0. The van der Waals surface area contributed by atoms with Gasteiger partial charge in [0, 0.05) is 11.8 Å². The van der Waals surface area contributed by atoms with E-state index in [0.717, 1.165) is 12.8 Å². The number of hydrogen-bond donors (Lipinski definition) is 4. The molecule has 0 radical (unpaired) electrons. The predicted octanol–water partition coefficient (Wildman–Crippen LogP) is 4.90. The molecule has 0 saturated heterocycles. The molecule has 0 aliphatic rings. The molecule has 382 valence electrons. The monoisotopic (exact) mass is 1100 g/mol. The van der Waals surface area contributed by atoms with E-state index in [4.69, 9.17) is 71.2 Å². The molecule has 0 aromatic rings. The van der Waals surface area contributed by atoms with E-state index in [0.29, 0.717) is 46.1 Å². The smallest absolute Gasteiger partial charge is 0.164 e. The molecule has 0 amide bonds. The minimum Gasteiger partial charge on any atom is -0.501 e. The Kier molecular flexibility index (Phi) is 53.0. The van der Waals surface area contributed by atoms with Crippen LogP contribution in [-0.4, -0.2) is 117 Å². The SMILES string of the molecule is C=CCOC(OCC=C)C(CC)COC(C[O][Zr](=[O])[O]OCC(N)N)[O][Zr](=[O])[O]OCC(N)N.C=CCOC(OCC=C)C(CC)COC=C.C=CCOC(OCC=C)C(CC)COC=C. The maximum Gasteiger partial charge on any atom is 0.164 e. The molecule has 4 atom stereocenters. The molecule has 0 bridgehead atoms. The van der Waals surface area contributed by atoms with E-state index in [9.17, 15) is 5.63 Å². The summed E-state index contributed by atoms with van der Waals surface area (Å²) in [7, 11) is 0. The second kappa shape index (κ2) is 51.1. The van der Waals surface area contributed by atoms with Crippen molar-refractivity contribution in [1.82, 2.24) is 0 Å². The average Bonchev–Trinajstić information content (AvgIpc) is 3.30. The van der Waals surface area contributed by atoms with E-state index < -0.39 is 76.8 Å². The van der Waals surface area contributed by atoms with Crippen molar-refractivity contribution in [1.29, 1.82) is 0 Å². The minimum absolute atomic E-state index is 0.0470. The van der Waals surface area contributed by atoms with E-state index >= 15 is 0 Å². The third kappa shape index (κ3) is 42.3. The molecular weight excluding hydrogens is 1030 g/mol. The molecule has 0 aliphatic carbocycles. The molecule has 0 fully saturated rings. The van der Waals surface area contributed by atoms with Crippen LogP contribution < -0.4 is 22.9 Å². The summed E-state index contributed by atoms with van der Waals surface area (Å²) in [6, 6.07) is 0. The first-order valence-corrected chi connectivity index (χ1v) is 27.2. The number of ether oxygens (including phenoxy) is 9. The second-order valence-corrected chi connectivity index (χ2v) is 17.7. The fraction of sp³-hybridized carbons (Fsp3) is 0.628. The normalized spacial score (nSPS) is 12.8. The molecule has 0 heterocycles. The number of hydrogen-bond acceptors (Lipinski definition) is 21. The second-order valence-electron chi connectivity index (χ2n) is 13.1. The van der Waals surface area contributed by atoms with E-state index in [-0.39, 0.29) is 63.4 Å². The first-order valence-electron chi connectivity index (χ1n) is 21.2. The summed E-state index contributed by atoms with van der Waals surface area (Å²) in [4.78, 5) is 9.28. The van der Waals surface area contributed by atoms with Crippen LogP contribution >= 0.6 is 0 Å². The Morgan fingerprint density at radius 2 is 0.758 bits per heavy atom. The van der Waals surface area contributed by atoms with Crippen LogP contribution in [0.25, 0.3) is 0 Å². The van der Waals surface area contributed by atoms with Crippen LogP contribution in [0.1, 0.15) is 40.0 Å². The minimum atomic E-state index is -4.22. The maximum absolute atomic E-state index is 12.1. The molecule has 0 spiro atoms. The van der Waals surface area contributed by atoms with Gasteiger partial charge in [0.2, 0.25) is 0 Å². The summed E-state index contributed by atoms with van der Waals surface area (Å²) >= 11 is -8.32. The van der Waals surface area contributed by atoms with E-state index in [1.165, 1.54) is 12.5 Å². The van der Waals surface area contributed by atoms with E-state index in [2.05, 4.69) is 82.2 Å². The summed E-state index contributed by atoms with van der Waals surface area (Å²) in [5.41, 5.74) is 21.2. The summed E-state index contributed by atoms with van der Waals surface area (Å²) in [6.45, 7) is 37.5. The van der Waals surface area contributed by atoms with Gasteiger partial charge in [-0.2, -0.15) is 0 Å². The third-order valence-electron chi connectivity index (χ3n) is 7.69. The Hall–Kier alpha value is -1.79. The topological polar surface area (TPSA) is 277 Å². The van der Waals surface area contributed by atoms with Crippen molar-refractivity contribution in [3.05, 3.63) is 102 Å². The average molecular weight is 1110 g/mol. The number of rotatable bonds is 46. The zero-order valence-corrected chi connectivity index (χ0v) is 44.2. The predicted molar refractivity (Wildman–Crippen MR) is 238 cm³/mol. The maximum atomic E-state index is 12.1. The van der Waals surface area contributed by atoms with Gasteiger partial charge in [-0.05, 0) is 12.8 Å². The van der Waals surface area contributed by atoms with Crippen molar-refractivity contribution in [2.24, 2.45) is 40.7 Å². The fourth-order valence-electron chi connectivity index (χ4n) is 4.44. The van der Waals surface area contributed by atoms with Gasteiger partial charge in [0.15, 0.2) is 12.6 Å². The fourth-order valence-corrected chi connectivity index (χ4v) is 7.00. The Labute approximate surface area is 411 Å². The first kappa shape index (κ1) is 68.5. The summed E-state index contributed by atoms with van der Waals surface area (Å²) in [6.07, 6.45) is 11.2. The van der Waals surface area contributed by atoms with Crippen LogP contribution in [0.5, 0.6) is 0 Å². The molecule has 0 rings (SSSR count). The Bertz CT molecular complexity index is 1190. The van der Waals surface area contributed by atoms with Crippen LogP contribution in [0.4, 0.5) is 0 Å². The van der Waals surface area contributed by atoms with Crippen LogP contribution in [0.15, 0.2) is 102 Å². The van der Waals surface area contributed by atoms with Crippen molar-refractivity contribution in [3.63, 3.8) is 0 Å². The molecule has 0 saturated carbocycles. The van der Waals surface area contributed by atoms with Crippen LogP contribution in [-0.2, 0) is 115 Å². The van der Waals surface area contributed by atoms with Gasteiger partial charge in [0.25, 0.3) is 0 Å². The van der Waals surface area contributed by atoms with Gasteiger partial charge in [0.1, 0.15) is 0 Å².